The fraction of sp³-hybridized carbons (Fsp3) is 0.350. The van der Waals surface area contributed by atoms with E-state index in [1.54, 1.807) is 12.3 Å². The second-order valence-corrected chi connectivity index (χ2v) is 7.55. The quantitative estimate of drug-likeness (QED) is 0.170. The molecule has 0 aliphatic rings. The number of aromatic nitrogens is 1. The van der Waals surface area contributed by atoms with Crippen molar-refractivity contribution in [3.8, 4) is 0 Å². The molecule has 0 saturated heterocycles. The van der Waals surface area contributed by atoms with E-state index in [0.717, 1.165) is 10.9 Å². The number of nitrogens with two attached hydrogens (primary N) is 1. The topological polar surface area (TPSA) is 204 Å². The van der Waals surface area contributed by atoms with E-state index in [1.165, 1.54) is 0 Å². The standard InChI is InChI=1S/C20H25N5O7S/c21-12(6-17(27)28)18(29)25-14(5-10-7-22-13-4-2-1-3-11(10)13)19(30)23-8-16(26)24-15(9-33)20(31)32/h1-4,7,12,14-15,22,33H,5-6,8-9,21H2,(H,23,30)(H,24,26)(H,25,29)(H,27,28)(H,31,32). The highest BCUT2D eigenvalue weighted by molar-refractivity contribution is 7.80. The van der Waals surface area contributed by atoms with Gasteiger partial charge in [0.15, 0.2) is 0 Å². The largest absolute Gasteiger partial charge is 0.481 e. The van der Waals surface area contributed by atoms with Gasteiger partial charge < -0.3 is 36.9 Å². The second-order valence-electron chi connectivity index (χ2n) is 7.19. The average Bonchev–Trinajstić information content (AvgIpc) is 3.17. The minimum Gasteiger partial charge on any atom is -0.481 e. The molecule has 8 N–H and O–H groups in total. The van der Waals surface area contributed by atoms with Crippen LogP contribution >= 0.6 is 12.6 Å². The summed E-state index contributed by atoms with van der Waals surface area (Å²) in [6.45, 7) is -0.544. The number of hydrogen-bond donors (Lipinski definition) is 8. The molecule has 13 heteroatoms. The first-order valence-corrected chi connectivity index (χ1v) is 10.5. The Hall–Kier alpha value is -3.58. The Bertz CT molecular complexity index is 1040. The maximum atomic E-state index is 12.8. The van der Waals surface area contributed by atoms with E-state index in [-0.39, 0.29) is 12.2 Å². The minimum absolute atomic E-state index is 0.0252. The number of thiol groups is 1. The van der Waals surface area contributed by atoms with Gasteiger partial charge in [-0.25, -0.2) is 4.79 Å². The third-order valence-corrected chi connectivity index (χ3v) is 5.07. The number of H-pyrrole nitrogens is 1. The van der Waals surface area contributed by atoms with Crippen LogP contribution in [0.1, 0.15) is 12.0 Å². The van der Waals surface area contributed by atoms with Crippen molar-refractivity contribution in [2.24, 2.45) is 5.73 Å². The van der Waals surface area contributed by atoms with Crippen LogP contribution in [0.4, 0.5) is 0 Å². The Morgan fingerprint density at radius 2 is 1.73 bits per heavy atom. The zero-order valence-corrected chi connectivity index (χ0v) is 18.3. The fourth-order valence-corrected chi connectivity index (χ4v) is 3.26. The Balaban J connectivity index is 2.12. The number of benzene rings is 1. The van der Waals surface area contributed by atoms with E-state index in [9.17, 15) is 24.0 Å². The lowest BCUT2D eigenvalue weighted by molar-refractivity contribution is -0.141. The number of carbonyl (C=O) groups is 5. The van der Waals surface area contributed by atoms with Crippen LogP contribution in [0, 0.1) is 0 Å². The summed E-state index contributed by atoms with van der Waals surface area (Å²) in [7, 11) is 0. The molecule has 0 saturated carbocycles. The predicted molar refractivity (Wildman–Crippen MR) is 121 cm³/mol. The van der Waals surface area contributed by atoms with Crippen molar-refractivity contribution in [3.05, 3.63) is 36.0 Å². The number of hydrogen-bond acceptors (Lipinski definition) is 7. The van der Waals surface area contributed by atoms with E-state index < -0.39 is 60.8 Å². The third-order valence-electron chi connectivity index (χ3n) is 4.70. The molecule has 1 aromatic carbocycles. The van der Waals surface area contributed by atoms with Crippen LogP contribution in [0.25, 0.3) is 10.9 Å². The zero-order valence-electron chi connectivity index (χ0n) is 17.4. The molecule has 178 valence electrons. The number of aromatic amines is 1. The van der Waals surface area contributed by atoms with Crippen molar-refractivity contribution < 1.29 is 34.2 Å². The van der Waals surface area contributed by atoms with E-state index in [0.29, 0.717) is 5.56 Å². The molecule has 3 amide bonds. The lowest BCUT2D eigenvalue weighted by Crippen LogP contribution is -2.54. The molecule has 2 aromatic rings. The van der Waals surface area contributed by atoms with Crippen LogP contribution in [-0.2, 0) is 30.4 Å². The average molecular weight is 480 g/mol. The molecule has 0 aliphatic carbocycles. The maximum Gasteiger partial charge on any atom is 0.327 e. The van der Waals surface area contributed by atoms with E-state index in [1.807, 2.05) is 18.2 Å². The number of carboxylic acid groups (broad SMARTS) is 2. The molecule has 33 heavy (non-hydrogen) atoms. The fourth-order valence-electron chi connectivity index (χ4n) is 3.01. The Morgan fingerprint density at radius 3 is 2.36 bits per heavy atom. The van der Waals surface area contributed by atoms with Gasteiger partial charge in [-0.1, -0.05) is 18.2 Å². The number of nitrogens with one attached hydrogen (secondary N) is 4. The summed E-state index contributed by atoms with van der Waals surface area (Å²) >= 11 is 3.84. The van der Waals surface area contributed by atoms with Crippen molar-refractivity contribution in [3.63, 3.8) is 0 Å². The predicted octanol–water partition coefficient (Wildman–Crippen LogP) is -1.39. The highest BCUT2D eigenvalue weighted by Crippen LogP contribution is 2.19. The number of aliphatic carboxylic acids is 2. The van der Waals surface area contributed by atoms with Crippen LogP contribution in [0.3, 0.4) is 0 Å². The van der Waals surface area contributed by atoms with Crippen molar-refractivity contribution >= 4 is 53.2 Å². The van der Waals surface area contributed by atoms with Gasteiger partial charge in [0.25, 0.3) is 0 Å². The molecule has 3 atom stereocenters. The molecule has 0 spiro atoms. The van der Waals surface area contributed by atoms with Crippen LogP contribution < -0.4 is 21.7 Å². The molecule has 0 aliphatic heterocycles. The van der Waals surface area contributed by atoms with Gasteiger partial charge in [-0.05, 0) is 11.6 Å². The third kappa shape index (κ3) is 7.50. The van der Waals surface area contributed by atoms with Crippen molar-refractivity contribution in [2.75, 3.05) is 12.3 Å². The summed E-state index contributed by atoms with van der Waals surface area (Å²) in [5, 5.41) is 25.6. The SMILES string of the molecule is NC(CC(=O)O)C(=O)NC(Cc1c[nH]c2ccccc12)C(=O)NCC(=O)NC(CS)C(=O)O. The lowest BCUT2D eigenvalue weighted by atomic mass is 10.0. The van der Waals surface area contributed by atoms with E-state index >= 15 is 0 Å². The summed E-state index contributed by atoms with van der Waals surface area (Å²) in [6.07, 6.45) is 1.07. The first kappa shape index (κ1) is 25.7. The maximum absolute atomic E-state index is 12.8. The molecular weight excluding hydrogens is 454 g/mol. The van der Waals surface area contributed by atoms with Gasteiger partial charge in [0, 0.05) is 29.3 Å². The van der Waals surface area contributed by atoms with Crippen molar-refractivity contribution in [1.29, 1.82) is 0 Å². The monoisotopic (exact) mass is 479 g/mol. The number of carbonyl (C=O) groups excluding carboxylic acids is 3. The van der Waals surface area contributed by atoms with Gasteiger partial charge >= 0.3 is 11.9 Å². The Morgan fingerprint density at radius 1 is 1.03 bits per heavy atom. The van der Waals surface area contributed by atoms with E-state index in [4.69, 9.17) is 15.9 Å². The summed E-state index contributed by atoms with van der Waals surface area (Å²) in [4.78, 5) is 62.0. The summed E-state index contributed by atoms with van der Waals surface area (Å²) in [5.74, 6) is -5.03. The highest BCUT2D eigenvalue weighted by Gasteiger charge is 2.27. The van der Waals surface area contributed by atoms with E-state index in [2.05, 4.69) is 33.6 Å². The number of fused-ring (bicyclic) bond motifs is 1. The van der Waals surface area contributed by atoms with Crippen molar-refractivity contribution in [2.45, 2.75) is 31.0 Å². The molecule has 12 nitrogen and oxygen atoms in total. The van der Waals surface area contributed by atoms with Gasteiger partial charge in [-0.3, -0.25) is 19.2 Å². The summed E-state index contributed by atoms with van der Waals surface area (Å²) < 4.78 is 0. The molecule has 3 unspecified atom stereocenters. The molecule has 0 bridgehead atoms. The Kier molecular flexibility index (Phi) is 9.24. The smallest absolute Gasteiger partial charge is 0.327 e. The normalized spacial score (nSPS) is 13.5. The molecule has 2 rings (SSSR count). The number of para-hydroxylation sites is 1. The van der Waals surface area contributed by atoms with Gasteiger partial charge in [-0.15, -0.1) is 0 Å². The molecule has 0 fully saturated rings. The minimum atomic E-state index is -1.38. The Labute approximate surface area is 193 Å². The summed E-state index contributed by atoms with van der Waals surface area (Å²) in [5.41, 5.74) is 7.10. The number of amides is 3. The van der Waals surface area contributed by atoms with Gasteiger partial charge in [0.1, 0.15) is 12.1 Å². The molecular formula is C20H25N5O7S. The molecule has 0 radical (unpaired) electrons. The van der Waals surface area contributed by atoms with Gasteiger partial charge in [0.05, 0.1) is 19.0 Å². The first-order valence-electron chi connectivity index (χ1n) is 9.85. The van der Waals surface area contributed by atoms with Crippen molar-refractivity contribution in [1.82, 2.24) is 20.9 Å². The number of rotatable bonds is 12. The van der Waals surface area contributed by atoms with Gasteiger partial charge in [0.2, 0.25) is 17.7 Å². The first-order chi connectivity index (χ1) is 15.6. The van der Waals surface area contributed by atoms with Crippen LogP contribution in [0.15, 0.2) is 30.5 Å². The molecule has 1 aromatic heterocycles. The zero-order chi connectivity index (χ0) is 24.5. The molecule has 1 heterocycles. The highest BCUT2D eigenvalue weighted by atomic mass is 32.1. The van der Waals surface area contributed by atoms with Crippen LogP contribution in [0.2, 0.25) is 0 Å². The van der Waals surface area contributed by atoms with Crippen LogP contribution in [0.5, 0.6) is 0 Å². The van der Waals surface area contributed by atoms with Gasteiger partial charge in [-0.2, -0.15) is 12.6 Å². The lowest BCUT2D eigenvalue weighted by Gasteiger charge is -2.20. The summed E-state index contributed by atoms with van der Waals surface area (Å²) in [6, 6.07) is 3.51. The second kappa shape index (κ2) is 11.9. The number of carboxylic acids is 2. The van der Waals surface area contributed by atoms with Crippen LogP contribution in [-0.4, -0.2) is 75.3 Å².